The molecule has 4 nitrogen and oxygen atoms in total. The normalized spacial score (nSPS) is 12.4. The van der Waals surface area contributed by atoms with Gasteiger partial charge in [-0.05, 0) is 36.6 Å². The first-order chi connectivity index (χ1) is 9.15. The van der Waals surface area contributed by atoms with E-state index in [9.17, 15) is 12.8 Å². The Kier molecular flexibility index (Phi) is 5.53. The molecule has 114 valence electrons. The summed E-state index contributed by atoms with van der Waals surface area (Å²) in [6.07, 6.45) is 0.528. The average Bonchev–Trinajstić information content (AvgIpc) is 2.26. The number of halogens is 1. The molecule has 2 N–H and O–H groups in total. The summed E-state index contributed by atoms with van der Waals surface area (Å²) in [6.45, 7) is 6.22. The Morgan fingerprint density at radius 3 is 2.45 bits per heavy atom. The van der Waals surface area contributed by atoms with Gasteiger partial charge in [0.2, 0.25) is 10.0 Å². The topological polar surface area (TPSA) is 63.4 Å². The maximum Gasteiger partial charge on any atom is 0.235 e. The van der Waals surface area contributed by atoms with Crippen LogP contribution in [0, 0.1) is 11.2 Å². The maximum atomic E-state index is 13.3. The van der Waals surface area contributed by atoms with Crippen LogP contribution in [0.25, 0.3) is 0 Å². The second kappa shape index (κ2) is 6.54. The summed E-state index contributed by atoms with van der Waals surface area (Å²) < 4.78 is 39.6. The quantitative estimate of drug-likeness (QED) is 0.877. The van der Waals surface area contributed by atoms with Gasteiger partial charge in [-0.25, -0.2) is 12.8 Å². The zero-order chi connectivity index (χ0) is 15.4. The van der Waals surface area contributed by atoms with Crippen LogP contribution in [0.15, 0.2) is 24.3 Å². The number of benzene rings is 1. The fourth-order valence-corrected chi connectivity index (χ4v) is 4.01. The van der Waals surface area contributed by atoms with E-state index in [1.807, 2.05) is 20.8 Å². The number of rotatable bonds is 6. The third-order valence-electron chi connectivity index (χ3n) is 2.61. The van der Waals surface area contributed by atoms with Crippen molar-refractivity contribution in [3.63, 3.8) is 0 Å². The van der Waals surface area contributed by atoms with E-state index in [0.29, 0.717) is 18.7 Å². The third kappa shape index (κ3) is 5.09. The van der Waals surface area contributed by atoms with E-state index in [2.05, 4.69) is 0 Å². The lowest BCUT2D eigenvalue weighted by atomic mass is 10.0. The molecule has 1 aromatic carbocycles. The minimum atomic E-state index is -3.51. The zero-order valence-electron chi connectivity index (χ0n) is 12.3. The molecule has 6 heteroatoms. The van der Waals surface area contributed by atoms with E-state index in [1.54, 1.807) is 6.07 Å². The highest BCUT2D eigenvalue weighted by atomic mass is 32.2. The van der Waals surface area contributed by atoms with Gasteiger partial charge in [-0.1, -0.05) is 26.8 Å². The molecule has 0 aromatic heterocycles. The number of sulfonamides is 1. The molecule has 0 atom stereocenters. The first-order valence-electron chi connectivity index (χ1n) is 6.62. The molecule has 0 spiro atoms. The second-order valence-corrected chi connectivity index (χ2v) is 7.90. The molecule has 0 radical (unpaired) electrons. The van der Waals surface area contributed by atoms with Crippen molar-refractivity contribution in [2.24, 2.45) is 11.1 Å². The van der Waals surface area contributed by atoms with Crippen molar-refractivity contribution >= 4 is 15.7 Å². The molecular formula is C14H23FN2O2S. The molecule has 0 aliphatic carbocycles. The van der Waals surface area contributed by atoms with Gasteiger partial charge in [0.05, 0.1) is 11.4 Å². The summed E-state index contributed by atoms with van der Waals surface area (Å²) in [5, 5.41) is 0. The molecule has 0 amide bonds. The highest BCUT2D eigenvalue weighted by molar-refractivity contribution is 7.92. The number of hydrogen-bond donors (Lipinski definition) is 1. The number of anilines is 1. The summed E-state index contributed by atoms with van der Waals surface area (Å²) in [5.74, 6) is -0.452. The Morgan fingerprint density at radius 1 is 1.30 bits per heavy atom. The molecule has 0 bridgehead atoms. The molecular weight excluding hydrogens is 279 g/mol. The van der Waals surface area contributed by atoms with E-state index in [0.717, 1.165) is 0 Å². The van der Waals surface area contributed by atoms with Crippen molar-refractivity contribution in [2.45, 2.75) is 27.2 Å². The predicted octanol–water partition coefficient (Wildman–Crippen LogP) is 2.36. The Balaban J connectivity index is 3.12. The van der Waals surface area contributed by atoms with Crippen LogP contribution in [-0.4, -0.2) is 27.3 Å². The Morgan fingerprint density at radius 2 is 1.95 bits per heavy atom. The van der Waals surface area contributed by atoms with Crippen molar-refractivity contribution in [1.82, 2.24) is 0 Å². The summed E-state index contributed by atoms with van der Waals surface area (Å²) in [6, 6.07) is 5.63. The monoisotopic (exact) mass is 302 g/mol. The van der Waals surface area contributed by atoms with Crippen LogP contribution in [0.2, 0.25) is 0 Å². The molecule has 0 saturated carbocycles. The maximum absolute atomic E-state index is 13.3. The number of hydrogen-bond acceptors (Lipinski definition) is 3. The van der Waals surface area contributed by atoms with Crippen molar-refractivity contribution < 1.29 is 12.8 Å². The van der Waals surface area contributed by atoms with Crippen LogP contribution in [0.4, 0.5) is 10.1 Å². The zero-order valence-corrected chi connectivity index (χ0v) is 13.1. The fourth-order valence-electron chi connectivity index (χ4n) is 1.92. The Hall–Kier alpha value is -1.14. The molecule has 0 aliphatic rings. The van der Waals surface area contributed by atoms with Gasteiger partial charge < -0.3 is 5.73 Å². The summed E-state index contributed by atoms with van der Waals surface area (Å²) in [7, 11) is -3.51. The smallest absolute Gasteiger partial charge is 0.235 e. The van der Waals surface area contributed by atoms with Crippen LogP contribution in [0.3, 0.4) is 0 Å². The highest BCUT2D eigenvalue weighted by Gasteiger charge is 2.28. The lowest BCUT2D eigenvalue weighted by molar-refractivity contribution is 0.460. The summed E-state index contributed by atoms with van der Waals surface area (Å²) in [5.41, 5.74) is 5.44. The molecule has 0 unspecified atom stereocenters. The van der Waals surface area contributed by atoms with Gasteiger partial charge in [0, 0.05) is 6.54 Å². The van der Waals surface area contributed by atoms with Gasteiger partial charge in [0.1, 0.15) is 5.82 Å². The first-order valence-corrected chi connectivity index (χ1v) is 8.23. The molecule has 1 aromatic rings. The molecule has 1 rings (SSSR count). The van der Waals surface area contributed by atoms with Crippen LogP contribution in [0.5, 0.6) is 0 Å². The van der Waals surface area contributed by atoms with Crippen molar-refractivity contribution in [2.75, 3.05) is 23.1 Å². The van der Waals surface area contributed by atoms with Crippen molar-refractivity contribution in [1.29, 1.82) is 0 Å². The molecule has 0 saturated heterocycles. The van der Waals surface area contributed by atoms with Crippen LogP contribution < -0.4 is 10.0 Å². The van der Waals surface area contributed by atoms with Crippen LogP contribution >= 0.6 is 0 Å². The predicted molar refractivity (Wildman–Crippen MR) is 80.7 cm³/mol. The van der Waals surface area contributed by atoms with E-state index in [4.69, 9.17) is 5.73 Å². The first kappa shape index (κ1) is 16.9. The van der Waals surface area contributed by atoms with E-state index in [-0.39, 0.29) is 17.7 Å². The van der Waals surface area contributed by atoms with Gasteiger partial charge >= 0.3 is 0 Å². The molecule has 0 aliphatic heterocycles. The van der Waals surface area contributed by atoms with Crippen LogP contribution in [0.1, 0.15) is 27.2 Å². The van der Waals surface area contributed by atoms with Gasteiger partial charge in [0.25, 0.3) is 0 Å². The second-order valence-electron chi connectivity index (χ2n) is 6.01. The SMILES string of the molecule is CC(C)(C)CS(=O)(=O)N(CCCN)c1cccc(F)c1. The highest BCUT2D eigenvalue weighted by Crippen LogP contribution is 2.24. The van der Waals surface area contributed by atoms with Crippen molar-refractivity contribution in [3.8, 4) is 0 Å². The van der Waals surface area contributed by atoms with Gasteiger partial charge in [-0.15, -0.1) is 0 Å². The summed E-state index contributed by atoms with van der Waals surface area (Å²) in [4.78, 5) is 0. The Labute approximate surface area is 120 Å². The Bertz CT molecular complexity index is 538. The fraction of sp³-hybridized carbons (Fsp3) is 0.571. The number of nitrogens with zero attached hydrogens (tertiary/aromatic N) is 1. The minimum absolute atomic E-state index is 0.00108. The van der Waals surface area contributed by atoms with Gasteiger partial charge in [-0.2, -0.15) is 0 Å². The lowest BCUT2D eigenvalue weighted by Gasteiger charge is -2.28. The van der Waals surface area contributed by atoms with Gasteiger partial charge in [-0.3, -0.25) is 4.31 Å². The minimum Gasteiger partial charge on any atom is -0.330 e. The van der Waals surface area contributed by atoms with E-state index >= 15 is 0 Å². The molecule has 0 fully saturated rings. The standard InChI is InChI=1S/C14H23FN2O2S/c1-14(2,3)11-20(18,19)17(9-5-8-16)13-7-4-6-12(15)10-13/h4,6-7,10H,5,8-9,11,16H2,1-3H3. The van der Waals surface area contributed by atoms with Crippen molar-refractivity contribution in [3.05, 3.63) is 30.1 Å². The molecule has 0 heterocycles. The van der Waals surface area contributed by atoms with Crippen LogP contribution in [-0.2, 0) is 10.0 Å². The average molecular weight is 302 g/mol. The van der Waals surface area contributed by atoms with E-state index in [1.165, 1.54) is 22.5 Å². The van der Waals surface area contributed by atoms with Gasteiger partial charge in [0.15, 0.2) is 0 Å². The third-order valence-corrected chi connectivity index (χ3v) is 4.91. The lowest BCUT2D eigenvalue weighted by Crippen LogP contribution is -2.38. The number of nitrogens with two attached hydrogens (primary N) is 1. The van der Waals surface area contributed by atoms with E-state index < -0.39 is 15.8 Å². The summed E-state index contributed by atoms with van der Waals surface area (Å²) >= 11 is 0. The largest absolute Gasteiger partial charge is 0.330 e. The molecule has 20 heavy (non-hydrogen) atoms.